The summed E-state index contributed by atoms with van der Waals surface area (Å²) in [6.45, 7) is 9.22. The van der Waals surface area contributed by atoms with E-state index in [2.05, 4.69) is 16.7 Å². The van der Waals surface area contributed by atoms with Crippen LogP contribution in [0.5, 0.6) is 0 Å². The molecule has 168 valence electrons. The first-order chi connectivity index (χ1) is 14.8. The van der Waals surface area contributed by atoms with Gasteiger partial charge in [0, 0.05) is 31.4 Å². The number of sulfonamides is 1. The van der Waals surface area contributed by atoms with Gasteiger partial charge in [-0.25, -0.2) is 8.42 Å². The van der Waals surface area contributed by atoms with Crippen LogP contribution < -0.4 is 15.5 Å². The number of rotatable bonds is 9. The van der Waals surface area contributed by atoms with E-state index in [4.69, 9.17) is 0 Å². The highest BCUT2D eigenvalue weighted by Crippen LogP contribution is 2.32. The first kappa shape index (κ1) is 23.1. The second kappa shape index (κ2) is 9.70. The molecule has 0 saturated heterocycles. The molecular weight excluding hydrogens is 412 g/mol. The van der Waals surface area contributed by atoms with Crippen molar-refractivity contribution in [2.24, 2.45) is 0 Å². The van der Waals surface area contributed by atoms with Gasteiger partial charge in [0.25, 0.3) is 0 Å². The van der Waals surface area contributed by atoms with Crippen molar-refractivity contribution in [1.29, 1.82) is 0 Å². The number of para-hydroxylation sites is 1. The normalized spacial score (nSPS) is 15.8. The van der Waals surface area contributed by atoms with Gasteiger partial charge >= 0.3 is 0 Å². The van der Waals surface area contributed by atoms with E-state index in [1.54, 1.807) is 18.2 Å². The van der Waals surface area contributed by atoms with Crippen molar-refractivity contribution in [3.8, 4) is 0 Å². The van der Waals surface area contributed by atoms with Gasteiger partial charge in [-0.3, -0.25) is 4.79 Å². The second-order valence-electron chi connectivity index (χ2n) is 7.63. The molecule has 1 aliphatic heterocycles. The van der Waals surface area contributed by atoms with Gasteiger partial charge in [-0.05, 0) is 50.1 Å². The van der Waals surface area contributed by atoms with E-state index >= 15 is 0 Å². The smallest absolute Gasteiger partial charge is 0.246 e. The van der Waals surface area contributed by atoms with Gasteiger partial charge in [-0.2, -0.15) is 4.31 Å². The summed E-state index contributed by atoms with van der Waals surface area (Å²) < 4.78 is 27.3. The maximum Gasteiger partial charge on any atom is 0.246 e. The van der Waals surface area contributed by atoms with Gasteiger partial charge in [0.05, 0.1) is 22.8 Å². The molecule has 7 nitrogen and oxygen atoms in total. The van der Waals surface area contributed by atoms with Crippen LogP contribution in [0.15, 0.2) is 47.4 Å². The van der Waals surface area contributed by atoms with Crippen molar-refractivity contribution in [1.82, 2.24) is 4.31 Å². The fraction of sp³-hybridized carbons (Fsp3) is 0.435. The van der Waals surface area contributed by atoms with Crippen LogP contribution >= 0.6 is 0 Å². The quantitative estimate of drug-likeness (QED) is 0.618. The molecule has 0 unspecified atom stereocenters. The molecule has 0 bridgehead atoms. The summed E-state index contributed by atoms with van der Waals surface area (Å²) in [7, 11) is -3.59. The molecule has 1 aliphatic rings. The molecule has 0 aliphatic carbocycles. The zero-order valence-electron chi connectivity index (χ0n) is 18.7. The molecule has 8 heteroatoms. The molecule has 1 atom stereocenters. The summed E-state index contributed by atoms with van der Waals surface area (Å²) in [4.78, 5) is 15.1. The summed E-state index contributed by atoms with van der Waals surface area (Å²) in [6, 6.07) is 13.0. The third-order valence-corrected chi connectivity index (χ3v) is 7.65. The van der Waals surface area contributed by atoms with Crippen molar-refractivity contribution in [3.05, 3.63) is 48.0 Å². The number of nitrogens with one attached hydrogen (secondary N) is 2. The average Bonchev–Trinajstić information content (AvgIpc) is 3.09. The van der Waals surface area contributed by atoms with E-state index in [1.807, 2.05) is 50.8 Å². The number of carbonyl (C=O) groups is 1. The molecule has 0 radical (unpaired) electrons. The van der Waals surface area contributed by atoms with E-state index in [9.17, 15) is 13.2 Å². The standard InChI is InChI=1S/C23H32N4O3S/c1-5-24-20-13-12-19(31(29,30)26(6-2)7-3)15-21(20)25-16-23(28)27-17(4)14-18-10-8-9-11-22(18)27/h8-13,15,17,24-25H,5-7,14,16H2,1-4H3/t17-/m0/s1. The number of carbonyl (C=O) groups excluding carboxylic acids is 1. The summed E-state index contributed by atoms with van der Waals surface area (Å²) in [6.07, 6.45) is 0.835. The predicted octanol–water partition coefficient (Wildman–Crippen LogP) is 3.54. The SMILES string of the molecule is CCNc1ccc(S(=O)(=O)N(CC)CC)cc1NCC(=O)N1c2ccccc2C[C@@H]1C. The Balaban J connectivity index is 1.84. The zero-order valence-corrected chi connectivity index (χ0v) is 19.5. The zero-order chi connectivity index (χ0) is 22.6. The minimum Gasteiger partial charge on any atom is -0.384 e. The van der Waals surface area contributed by atoms with E-state index in [0.717, 1.165) is 17.8 Å². The van der Waals surface area contributed by atoms with Gasteiger partial charge in [-0.1, -0.05) is 32.0 Å². The second-order valence-corrected chi connectivity index (χ2v) is 9.56. The summed E-state index contributed by atoms with van der Waals surface area (Å²) in [5.74, 6) is -0.0445. The van der Waals surface area contributed by atoms with Gasteiger partial charge in [0.1, 0.15) is 0 Å². The Morgan fingerprint density at radius 1 is 1.06 bits per heavy atom. The summed E-state index contributed by atoms with van der Waals surface area (Å²) >= 11 is 0. The Hall–Kier alpha value is -2.58. The maximum atomic E-state index is 13.1. The largest absolute Gasteiger partial charge is 0.384 e. The Kier molecular flexibility index (Phi) is 7.23. The Morgan fingerprint density at radius 3 is 2.45 bits per heavy atom. The van der Waals surface area contributed by atoms with Crippen LogP contribution in [0.25, 0.3) is 0 Å². The van der Waals surface area contributed by atoms with Gasteiger partial charge in [0.2, 0.25) is 15.9 Å². The third-order valence-electron chi connectivity index (χ3n) is 5.61. The molecule has 0 aromatic heterocycles. The molecule has 0 fully saturated rings. The Bertz CT molecular complexity index is 1030. The minimum atomic E-state index is -3.59. The van der Waals surface area contributed by atoms with Gasteiger partial charge in [-0.15, -0.1) is 0 Å². The number of fused-ring (bicyclic) bond motifs is 1. The van der Waals surface area contributed by atoms with Crippen LogP contribution in [0.4, 0.5) is 17.1 Å². The fourth-order valence-electron chi connectivity index (χ4n) is 4.09. The lowest BCUT2D eigenvalue weighted by atomic mass is 10.1. The molecule has 1 heterocycles. The molecule has 0 spiro atoms. The number of amides is 1. The molecule has 31 heavy (non-hydrogen) atoms. The molecule has 2 N–H and O–H groups in total. The van der Waals surface area contributed by atoms with Crippen molar-refractivity contribution in [2.45, 2.75) is 45.1 Å². The van der Waals surface area contributed by atoms with Crippen LogP contribution in [-0.2, 0) is 21.2 Å². The molecule has 0 saturated carbocycles. The van der Waals surface area contributed by atoms with Gasteiger partial charge in [0.15, 0.2) is 0 Å². The predicted molar refractivity (Wildman–Crippen MR) is 126 cm³/mol. The highest BCUT2D eigenvalue weighted by atomic mass is 32.2. The summed E-state index contributed by atoms with van der Waals surface area (Å²) in [5.41, 5.74) is 3.49. The summed E-state index contributed by atoms with van der Waals surface area (Å²) in [5, 5.41) is 6.41. The third kappa shape index (κ3) is 4.70. The Morgan fingerprint density at radius 2 is 1.77 bits per heavy atom. The van der Waals surface area contributed by atoms with Crippen molar-refractivity contribution >= 4 is 33.0 Å². The van der Waals surface area contributed by atoms with E-state index in [0.29, 0.717) is 25.3 Å². The van der Waals surface area contributed by atoms with Crippen molar-refractivity contribution in [2.75, 3.05) is 41.7 Å². The monoisotopic (exact) mass is 444 g/mol. The fourth-order valence-corrected chi connectivity index (χ4v) is 5.57. The number of hydrogen-bond donors (Lipinski definition) is 2. The first-order valence-corrected chi connectivity index (χ1v) is 12.3. The lowest BCUT2D eigenvalue weighted by Crippen LogP contribution is -2.39. The highest BCUT2D eigenvalue weighted by molar-refractivity contribution is 7.89. The van der Waals surface area contributed by atoms with Crippen LogP contribution in [0, 0.1) is 0 Å². The Labute approximate surface area is 185 Å². The van der Waals surface area contributed by atoms with Crippen LogP contribution in [0.2, 0.25) is 0 Å². The molecule has 2 aromatic carbocycles. The molecule has 3 rings (SSSR count). The lowest BCUT2D eigenvalue weighted by molar-refractivity contribution is -0.117. The average molecular weight is 445 g/mol. The number of nitrogens with zero attached hydrogens (tertiary/aromatic N) is 2. The van der Waals surface area contributed by atoms with Gasteiger partial charge < -0.3 is 15.5 Å². The van der Waals surface area contributed by atoms with Crippen LogP contribution in [-0.4, -0.2) is 50.9 Å². The molecule has 2 aromatic rings. The maximum absolute atomic E-state index is 13.1. The van der Waals surface area contributed by atoms with Crippen molar-refractivity contribution in [3.63, 3.8) is 0 Å². The first-order valence-electron chi connectivity index (χ1n) is 10.8. The number of hydrogen-bond acceptors (Lipinski definition) is 5. The lowest BCUT2D eigenvalue weighted by Gasteiger charge is -2.24. The molecule has 1 amide bonds. The highest BCUT2D eigenvalue weighted by Gasteiger charge is 2.30. The number of anilines is 3. The van der Waals surface area contributed by atoms with E-state index in [-0.39, 0.29) is 23.4 Å². The van der Waals surface area contributed by atoms with E-state index < -0.39 is 10.0 Å². The van der Waals surface area contributed by atoms with Crippen LogP contribution in [0.1, 0.15) is 33.3 Å². The van der Waals surface area contributed by atoms with Crippen LogP contribution in [0.3, 0.4) is 0 Å². The number of benzene rings is 2. The molecular formula is C23H32N4O3S. The van der Waals surface area contributed by atoms with Crippen molar-refractivity contribution < 1.29 is 13.2 Å². The van der Waals surface area contributed by atoms with E-state index in [1.165, 1.54) is 9.87 Å². The topological polar surface area (TPSA) is 81.8 Å². The minimum absolute atomic E-state index is 0.0445.